The quantitative estimate of drug-likeness (QED) is 0.730. The first-order valence-electron chi connectivity index (χ1n) is 10.7. The van der Waals surface area contributed by atoms with E-state index in [4.69, 9.17) is 5.73 Å². The first-order chi connectivity index (χ1) is 14.4. The Morgan fingerprint density at radius 2 is 1.81 bits per heavy atom. The number of likely N-dealkylation sites (tertiary alicyclic amines) is 1. The Morgan fingerprint density at radius 3 is 2.32 bits per heavy atom. The second kappa shape index (κ2) is 9.07. The van der Waals surface area contributed by atoms with Crippen LogP contribution in [0.25, 0.3) is 0 Å². The zero-order valence-corrected chi connectivity index (χ0v) is 18.6. The first kappa shape index (κ1) is 24.0. The molecule has 1 saturated carbocycles. The topological polar surface area (TPSA) is 83.7 Å². The van der Waals surface area contributed by atoms with Gasteiger partial charge in [-0.2, -0.15) is 17.5 Å². The number of amides is 1. The molecule has 31 heavy (non-hydrogen) atoms. The van der Waals surface area contributed by atoms with Gasteiger partial charge in [-0.3, -0.25) is 4.79 Å². The van der Waals surface area contributed by atoms with E-state index >= 15 is 0 Å². The van der Waals surface area contributed by atoms with Crippen molar-refractivity contribution in [1.82, 2.24) is 9.21 Å². The lowest BCUT2D eigenvalue weighted by molar-refractivity contribution is -0.138. The second-order valence-electron chi connectivity index (χ2n) is 8.78. The van der Waals surface area contributed by atoms with Gasteiger partial charge in [-0.1, -0.05) is 6.07 Å². The van der Waals surface area contributed by atoms with Gasteiger partial charge in [-0.05, 0) is 64.2 Å². The fourth-order valence-electron chi connectivity index (χ4n) is 4.69. The monoisotopic (exact) mass is 461 g/mol. The van der Waals surface area contributed by atoms with Gasteiger partial charge in [0.15, 0.2) is 0 Å². The van der Waals surface area contributed by atoms with Gasteiger partial charge in [-0.25, -0.2) is 8.42 Å². The number of benzene rings is 1. The Balaban J connectivity index is 1.75. The fraction of sp³-hybridized carbons (Fsp3) is 0.667. The summed E-state index contributed by atoms with van der Waals surface area (Å²) in [7, 11) is -4.13. The molecule has 1 aromatic carbocycles. The predicted octanol–water partition coefficient (Wildman–Crippen LogP) is 3.22. The Kier molecular flexibility index (Phi) is 7.02. The number of sulfonamides is 1. The van der Waals surface area contributed by atoms with Crippen LogP contribution in [0.3, 0.4) is 0 Å². The SMILES string of the molecule is CC(C)N(C1CCN(C(=O)[C@H]2CCC(N)C2)CC1)S(=O)(=O)c1cccc(C(F)(F)F)c1. The Hall–Kier alpha value is -1.65. The van der Waals surface area contributed by atoms with E-state index in [0.717, 1.165) is 25.0 Å². The number of rotatable bonds is 5. The van der Waals surface area contributed by atoms with E-state index in [1.165, 1.54) is 10.4 Å². The van der Waals surface area contributed by atoms with Gasteiger partial charge in [0.1, 0.15) is 0 Å². The number of carbonyl (C=O) groups excluding carboxylic acids is 1. The van der Waals surface area contributed by atoms with Crippen LogP contribution in [-0.2, 0) is 21.0 Å². The highest BCUT2D eigenvalue weighted by Gasteiger charge is 2.39. The minimum atomic E-state index is -4.62. The standard InChI is InChI=1S/C21H30F3N3O3S/c1-14(2)27(31(29,30)19-5-3-4-16(13-19)21(22,23)24)18-8-10-26(11-9-18)20(28)15-6-7-17(25)12-15/h3-5,13-15,17-18H,6-12,25H2,1-2H3/t15-,17?/m0/s1. The van der Waals surface area contributed by atoms with Crippen molar-refractivity contribution in [3.05, 3.63) is 29.8 Å². The summed E-state index contributed by atoms with van der Waals surface area (Å²) in [6.45, 7) is 4.28. The molecule has 1 heterocycles. The van der Waals surface area contributed by atoms with Crippen molar-refractivity contribution < 1.29 is 26.4 Å². The summed E-state index contributed by atoms with van der Waals surface area (Å²) < 4.78 is 67.1. The summed E-state index contributed by atoms with van der Waals surface area (Å²) in [6, 6.07) is 3.10. The number of nitrogens with two attached hydrogens (primary N) is 1. The Labute approximate surface area is 181 Å². The molecule has 174 valence electrons. The largest absolute Gasteiger partial charge is 0.416 e. The molecule has 1 aliphatic carbocycles. The van der Waals surface area contributed by atoms with E-state index in [1.54, 1.807) is 18.7 Å². The molecule has 1 aliphatic heterocycles. The minimum Gasteiger partial charge on any atom is -0.342 e. The molecule has 1 amide bonds. The van der Waals surface area contributed by atoms with Gasteiger partial charge in [0.2, 0.25) is 15.9 Å². The third-order valence-electron chi connectivity index (χ3n) is 6.20. The normalized spacial score (nSPS) is 23.7. The van der Waals surface area contributed by atoms with Crippen LogP contribution in [0, 0.1) is 5.92 Å². The Morgan fingerprint density at radius 1 is 1.16 bits per heavy atom. The second-order valence-corrected chi connectivity index (χ2v) is 10.6. The summed E-state index contributed by atoms with van der Waals surface area (Å²) >= 11 is 0. The van der Waals surface area contributed by atoms with Crippen LogP contribution in [0.1, 0.15) is 51.5 Å². The highest BCUT2D eigenvalue weighted by Crippen LogP contribution is 2.33. The maximum absolute atomic E-state index is 13.3. The van der Waals surface area contributed by atoms with Crippen LogP contribution in [-0.4, -0.2) is 54.7 Å². The van der Waals surface area contributed by atoms with Crippen molar-refractivity contribution in [3.63, 3.8) is 0 Å². The maximum Gasteiger partial charge on any atom is 0.416 e. The molecule has 1 aromatic rings. The summed E-state index contributed by atoms with van der Waals surface area (Å²) in [4.78, 5) is 14.1. The molecule has 0 spiro atoms. The van der Waals surface area contributed by atoms with Crippen LogP contribution in [0.2, 0.25) is 0 Å². The van der Waals surface area contributed by atoms with Gasteiger partial charge >= 0.3 is 6.18 Å². The summed E-state index contributed by atoms with van der Waals surface area (Å²) in [5.74, 6) is 0.00447. The summed E-state index contributed by atoms with van der Waals surface area (Å²) in [6.07, 6.45) is -1.43. The number of carbonyl (C=O) groups is 1. The minimum absolute atomic E-state index is 0.0560. The van der Waals surface area contributed by atoms with E-state index in [0.29, 0.717) is 38.4 Å². The van der Waals surface area contributed by atoms with Gasteiger partial charge in [-0.15, -0.1) is 0 Å². The number of nitrogens with zero attached hydrogens (tertiary/aromatic N) is 2. The van der Waals surface area contributed by atoms with Gasteiger partial charge in [0.05, 0.1) is 10.5 Å². The molecule has 0 aromatic heterocycles. The number of alkyl halides is 3. The smallest absolute Gasteiger partial charge is 0.342 e. The Bertz CT molecular complexity index is 897. The highest BCUT2D eigenvalue weighted by molar-refractivity contribution is 7.89. The van der Waals surface area contributed by atoms with Crippen LogP contribution in [0.4, 0.5) is 13.2 Å². The summed E-state index contributed by atoms with van der Waals surface area (Å²) in [5, 5.41) is 0. The zero-order chi connectivity index (χ0) is 23.0. The molecular weight excluding hydrogens is 431 g/mol. The summed E-state index contributed by atoms with van der Waals surface area (Å²) in [5.41, 5.74) is 4.92. The average molecular weight is 462 g/mol. The zero-order valence-electron chi connectivity index (χ0n) is 17.8. The first-order valence-corrected chi connectivity index (χ1v) is 12.1. The van der Waals surface area contributed by atoms with Crippen molar-refractivity contribution in [2.24, 2.45) is 11.7 Å². The van der Waals surface area contributed by atoms with E-state index in [2.05, 4.69) is 0 Å². The average Bonchev–Trinajstić information content (AvgIpc) is 3.13. The van der Waals surface area contributed by atoms with E-state index in [-0.39, 0.29) is 28.8 Å². The highest BCUT2D eigenvalue weighted by atomic mass is 32.2. The van der Waals surface area contributed by atoms with Crippen LogP contribution in [0.15, 0.2) is 29.2 Å². The van der Waals surface area contributed by atoms with E-state index in [9.17, 15) is 26.4 Å². The molecule has 2 fully saturated rings. The van der Waals surface area contributed by atoms with E-state index in [1.807, 2.05) is 0 Å². The number of hydrogen-bond donors (Lipinski definition) is 1. The van der Waals surface area contributed by atoms with Gasteiger partial charge in [0.25, 0.3) is 0 Å². The fourth-order valence-corrected chi connectivity index (χ4v) is 6.62. The molecule has 10 heteroatoms. The molecule has 2 N–H and O–H groups in total. The maximum atomic E-state index is 13.3. The van der Waals surface area contributed by atoms with Crippen LogP contribution < -0.4 is 5.73 Å². The third-order valence-corrected chi connectivity index (χ3v) is 8.33. The molecule has 2 atom stereocenters. The predicted molar refractivity (Wildman–Crippen MR) is 111 cm³/mol. The van der Waals surface area contributed by atoms with Crippen LogP contribution in [0.5, 0.6) is 0 Å². The van der Waals surface area contributed by atoms with Crippen molar-refractivity contribution in [1.29, 1.82) is 0 Å². The number of piperidine rings is 1. The molecule has 6 nitrogen and oxygen atoms in total. The van der Waals surface area contributed by atoms with Gasteiger partial charge in [0, 0.05) is 37.1 Å². The van der Waals surface area contributed by atoms with Crippen molar-refractivity contribution >= 4 is 15.9 Å². The molecule has 2 aliphatic rings. The van der Waals surface area contributed by atoms with E-state index < -0.39 is 27.8 Å². The van der Waals surface area contributed by atoms with Crippen LogP contribution >= 0.6 is 0 Å². The van der Waals surface area contributed by atoms with Crippen molar-refractivity contribution in [2.45, 2.75) is 75.1 Å². The molecule has 3 rings (SSSR count). The lowest BCUT2D eigenvalue weighted by Crippen LogP contribution is -2.51. The molecule has 1 saturated heterocycles. The lowest BCUT2D eigenvalue weighted by Gasteiger charge is -2.40. The molecule has 1 unspecified atom stereocenters. The molecule has 0 bridgehead atoms. The lowest BCUT2D eigenvalue weighted by atomic mass is 10.0. The van der Waals surface area contributed by atoms with Crippen molar-refractivity contribution in [2.75, 3.05) is 13.1 Å². The molecule has 0 radical (unpaired) electrons. The van der Waals surface area contributed by atoms with Gasteiger partial charge < -0.3 is 10.6 Å². The number of hydrogen-bond acceptors (Lipinski definition) is 4. The third kappa shape index (κ3) is 5.23. The molecular formula is C21H30F3N3O3S. The van der Waals surface area contributed by atoms with Crippen molar-refractivity contribution in [3.8, 4) is 0 Å². The number of halogens is 3.